The van der Waals surface area contributed by atoms with Crippen molar-refractivity contribution in [2.75, 3.05) is 6.61 Å². The smallest absolute Gasteiger partial charge is 0.363 e. The molecule has 28 heavy (non-hydrogen) atoms. The number of benzene rings is 2. The fraction of sp³-hybridized carbons (Fsp3) is 0.250. The standard InChI is InChI=1S/C24H25NO3/c1-16(2)15-27-20-8-6-7-17(13-20)14-21-23(26)28-22(25-21)18-9-11-19(12-10-18)24(3,4)5/h6-14H,1,15H2,2-5H3. The van der Waals surface area contributed by atoms with Crippen LogP contribution in [0.5, 0.6) is 5.75 Å². The summed E-state index contributed by atoms with van der Waals surface area (Å²) >= 11 is 0. The quantitative estimate of drug-likeness (QED) is 0.406. The van der Waals surface area contributed by atoms with Gasteiger partial charge in [-0.2, -0.15) is 0 Å². The van der Waals surface area contributed by atoms with Crippen molar-refractivity contribution < 1.29 is 14.3 Å². The van der Waals surface area contributed by atoms with Crippen LogP contribution in [-0.4, -0.2) is 18.5 Å². The second-order valence-electron chi connectivity index (χ2n) is 7.98. The van der Waals surface area contributed by atoms with Crippen molar-refractivity contribution >= 4 is 17.9 Å². The maximum absolute atomic E-state index is 12.2. The molecule has 0 spiro atoms. The topological polar surface area (TPSA) is 47.9 Å². The fourth-order valence-electron chi connectivity index (χ4n) is 2.70. The average Bonchev–Trinajstić information content (AvgIpc) is 3.00. The van der Waals surface area contributed by atoms with Gasteiger partial charge in [-0.1, -0.05) is 51.6 Å². The van der Waals surface area contributed by atoms with E-state index in [0.717, 1.165) is 16.7 Å². The monoisotopic (exact) mass is 375 g/mol. The van der Waals surface area contributed by atoms with Crippen molar-refractivity contribution in [3.05, 3.63) is 83.1 Å². The summed E-state index contributed by atoms with van der Waals surface area (Å²) in [6.45, 7) is 12.7. The number of ether oxygens (including phenoxy) is 2. The third-order valence-corrected chi connectivity index (χ3v) is 4.27. The molecule has 0 radical (unpaired) electrons. The number of rotatable bonds is 5. The number of cyclic esters (lactones) is 1. The first-order valence-electron chi connectivity index (χ1n) is 9.23. The maximum Gasteiger partial charge on any atom is 0.363 e. The number of esters is 1. The second kappa shape index (κ2) is 7.85. The lowest BCUT2D eigenvalue weighted by Gasteiger charge is -2.18. The highest BCUT2D eigenvalue weighted by molar-refractivity contribution is 6.12. The van der Waals surface area contributed by atoms with Crippen LogP contribution in [0.1, 0.15) is 44.4 Å². The normalized spacial score (nSPS) is 15.4. The number of carbonyl (C=O) groups excluding carboxylic acids is 1. The second-order valence-corrected chi connectivity index (χ2v) is 7.98. The highest BCUT2D eigenvalue weighted by atomic mass is 16.6. The molecule has 144 valence electrons. The van der Waals surface area contributed by atoms with Gasteiger partial charge >= 0.3 is 5.97 Å². The van der Waals surface area contributed by atoms with E-state index >= 15 is 0 Å². The average molecular weight is 375 g/mol. The molecular weight excluding hydrogens is 350 g/mol. The Labute approximate surface area is 166 Å². The van der Waals surface area contributed by atoms with Crippen LogP contribution >= 0.6 is 0 Å². The molecule has 2 aromatic rings. The van der Waals surface area contributed by atoms with Crippen molar-refractivity contribution in [2.24, 2.45) is 4.99 Å². The van der Waals surface area contributed by atoms with E-state index in [1.165, 1.54) is 5.56 Å². The molecule has 1 aliphatic heterocycles. The molecule has 2 aromatic carbocycles. The van der Waals surface area contributed by atoms with E-state index in [2.05, 4.69) is 32.3 Å². The molecule has 0 N–H and O–H groups in total. The number of carbonyl (C=O) groups is 1. The van der Waals surface area contributed by atoms with E-state index in [1.807, 2.05) is 55.5 Å². The summed E-state index contributed by atoms with van der Waals surface area (Å²) in [5, 5.41) is 0. The number of hydrogen-bond acceptors (Lipinski definition) is 4. The van der Waals surface area contributed by atoms with Crippen molar-refractivity contribution in [1.29, 1.82) is 0 Å². The van der Waals surface area contributed by atoms with E-state index < -0.39 is 5.97 Å². The predicted molar refractivity (Wildman–Crippen MR) is 112 cm³/mol. The van der Waals surface area contributed by atoms with E-state index in [9.17, 15) is 4.79 Å². The van der Waals surface area contributed by atoms with Gasteiger partial charge in [0.15, 0.2) is 5.70 Å². The third-order valence-electron chi connectivity index (χ3n) is 4.27. The Bertz CT molecular complexity index is 960. The Morgan fingerprint density at radius 2 is 1.89 bits per heavy atom. The van der Waals surface area contributed by atoms with Gasteiger partial charge in [-0.25, -0.2) is 9.79 Å². The van der Waals surface area contributed by atoms with E-state index in [-0.39, 0.29) is 11.1 Å². The minimum Gasteiger partial charge on any atom is -0.489 e. The van der Waals surface area contributed by atoms with Crippen molar-refractivity contribution in [2.45, 2.75) is 33.1 Å². The summed E-state index contributed by atoms with van der Waals surface area (Å²) in [6, 6.07) is 15.4. The molecule has 1 aliphatic rings. The van der Waals surface area contributed by atoms with E-state index in [4.69, 9.17) is 9.47 Å². The first kappa shape index (κ1) is 19.6. The fourth-order valence-corrected chi connectivity index (χ4v) is 2.70. The zero-order valence-corrected chi connectivity index (χ0v) is 16.8. The third kappa shape index (κ3) is 4.77. The van der Waals surface area contributed by atoms with Crippen molar-refractivity contribution in [3.63, 3.8) is 0 Å². The molecule has 0 aliphatic carbocycles. The van der Waals surface area contributed by atoms with E-state index in [0.29, 0.717) is 18.3 Å². The minimum absolute atomic E-state index is 0.0645. The van der Waals surface area contributed by atoms with Gasteiger partial charge in [0.2, 0.25) is 5.90 Å². The number of nitrogens with zero attached hydrogens (tertiary/aromatic N) is 1. The lowest BCUT2D eigenvalue weighted by Crippen LogP contribution is -2.11. The Morgan fingerprint density at radius 3 is 2.54 bits per heavy atom. The predicted octanol–water partition coefficient (Wildman–Crippen LogP) is 5.28. The molecule has 0 unspecified atom stereocenters. The summed E-state index contributed by atoms with van der Waals surface area (Å²) in [5.41, 5.74) is 4.09. The summed E-state index contributed by atoms with van der Waals surface area (Å²) in [6.07, 6.45) is 1.70. The highest BCUT2D eigenvalue weighted by Crippen LogP contribution is 2.25. The Morgan fingerprint density at radius 1 is 1.18 bits per heavy atom. The Balaban J connectivity index is 1.82. The van der Waals surface area contributed by atoms with Crippen LogP contribution in [0.2, 0.25) is 0 Å². The maximum atomic E-state index is 12.2. The molecule has 0 aromatic heterocycles. The summed E-state index contributed by atoms with van der Waals surface area (Å²) in [5.74, 6) is 0.584. The molecular formula is C24H25NO3. The molecule has 0 bridgehead atoms. The summed E-state index contributed by atoms with van der Waals surface area (Å²) < 4.78 is 11.0. The molecule has 0 amide bonds. The Hall–Kier alpha value is -3.14. The van der Waals surface area contributed by atoms with Gasteiger partial charge in [0.1, 0.15) is 12.4 Å². The molecule has 0 atom stereocenters. The zero-order chi connectivity index (χ0) is 20.3. The van der Waals surface area contributed by atoms with Crippen LogP contribution in [0.3, 0.4) is 0 Å². The largest absolute Gasteiger partial charge is 0.489 e. The molecule has 4 heteroatoms. The van der Waals surface area contributed by atoms with E-state index in [1.54, 1.807) is 6.08 Å². The van der Waals surface area contributed by atoms with Crippen molar-refractivity contribution in [3.8, 4) is 5.75 Å². The van der Waals surface area contributed by atoms with Gasteiger partial charge in [-0.05, 0) is 59.4 Å². The van der Waals surface area contributed by atoms with Gasteiger partial charge in [0, 0.05) is 5.56 Å². The molecule has 0 saturated heterocycles. The van der Waals surface area contributed by atoms with Crippen LogP contribution in [0, 0.1) is 0 Å². The van der Waals surface area contributed by atoms with Crippen LogP contribution < -0.4 is 4.74 Å². The zero-order valence-electron chi connectivity index (χ0n) is 16.8. The number of hydrogen-bond donors (Lipinski definition) is 0. The van der Waals surface area contributed by atoms with Crippen molar-refractivity contribution in [1.82, 2.24) is 0 Å². The minimum atomic E-state index is -0.455. The first-order valence-corrected chi connectivity index (χ1v) is 9.23. The molecule has 1 heterocycles. The number of aliphatic imine (C=N–C) groups is 1. The van der Waals surface area contributed by atoms with Crippen LogP contribution in [0.15, 0.2) is 71.4 Å². The lowest BCUT2D eigenvalue weighted by atomic mass is 9.87. The van der Waals surface area contributed by atoms with Crippen LogP contribution in [0.25, 0.3) is 6.08 Å². The molecule has 0 saturated carbocycles. The van der Waals surface area contributed by atoms with Gasteiger partial charge in [-0.3, -0.25) is 0 Å². The summed E-state index contributed by atoms with van der Waals surface area (Å²) in [4.78, 5) is 16.6. The van der Waals surface area contributed by atoms with Gasteiger partial charge in [-0.15, -0.1) is 0 Å². The SMILES string of the molecule is C=C(C)COc1cccc(C=C2N=C(c3ccc(C(C)(C)C)cc3)OC2=O)c1. The molecule has 4 nitrogen and oxygen atoms in total. The van der Waals surface area contributed by atoms with Gasteiger partial charge in [0.25, 0.3) is 0 Å². The summed E-state index contributed by atoms with van der Waals surface area (Å²) in [7, 11) is 0. The molecule has 0 fully saturated rings. The lowest BCUT2D eigenvalue weighted by molar-refractivity contribution is -0.129. The highest BCUT2D eigenvalue weighted by Gasteiger charge is 2.24. The first-order chi connectivity index (χ1) is 13.2. The molecule has 3 rings (SSSR count). The Kier molecular flexibility index (Phi) is 5.50. The van der Waals surface area contributed by atoms with Crippen LogP contribution in [-0.2, 0) is 14.9 Å². The van der Waals surface area contributed by atoms with Crippen LogP contribution in [0.4, 0.5) is 0 Å². The van der Waals surface area contributed by atoms with Gasteiger partial charge < -0.3 is 9.47 Å². The van der Waals surface area contributed by atoms with Gasteiger partial charge in [0.05, 0.1) is 0 Å².